The summed E-state index contributed by atoms with van der Waals surface area (Å²) in [6.45, 7) is 6.58. The molecule has 0 amide bonds. The van der Waals surface area contributed by atoms with Gasteiger partial charge in [-0.25, -0.2) is 0 Å². The summed E-state index contributed by atoms with van der Waals surface area (Å²) in [4.78, 5) is 4.12. The quantitative estimate of drug-likeness (QED) is 0.893. The topological polar surface area (TPSA) is 51.6 Å². The van der Waals surface area contributed by atoms with Gasteiger partial charge in [0, 0.05) is 18.4 Å². The minimum atomic E-state index is -0.664. The summed E-state index contributed by atoms with van der Waals surface area (Å²) in [5.74, 6) is 0.683. The first-order chi connectivity index (χ1) is 8.51. The Bertz CT molecular complexity index is 400. The minimum absolute atomic E-state index is 0.0949. The van der Waals surface area contributed by atoms with E-state index in [-0.39, 0.29) is 6.10 Å². The van der Waals surface area contributed by atoms with E-state index in [4.69, 9.17) is 9.47 Å². The summed E-state index contributed by atoms with van der Waals surface area (Å²) in [5.41, 5.74) is 0.246. The van der Waals surface area contributed by atoms with Gasteiger partial charge >= 0.3 is 0 Å². The molecule has 1 fully saturated rings. The summed E-state index contributed by atoms with van der Waals surface area (Å²) < 4.78 is 11.2. The van der Waals surface area contributed by atoms with Crippen LogP contribution in [0.4, 0.5) is 0 Å². The molecule has 2 rings (SSSR count). The lowest BCUT2D eigenvalue weighted by Gasteiger charge is -2.29. The second-order valence-electron chi connectivity index (χ2n) is 5.29. The average molecular weight is 251 g/mol. The molecule has 1 aliphatic heterocycles. The lowest BCUT2D eigenvalue weighted by Crippen LogP contribution is -2.32. The molecule has 2 heterocycles. The lowest BCUT2D eigenvalue weighted by molar-refractivity contribution is -0.0798. The molecular weight excluding hydrogens is 230 g/mol. The Kier molecular flexibility index (Phi) is 3.88. The fourth-order valence-corrected chi connectivity index (χ4v) is 2.29. The average Bonchev–Trinajstić information content (AvgIpc) is 2.76. The van der Waals surface area contributed by atoms with Crippen molar-refractivity contribution in [2.45, 2.75) is 51.4 Å². The maximum atomic E-state index is 10.4. The first kappa shape index (κ1) is 13.3. The zero-order valence-corrected chi connectivity index (χ0v) is 11.2. The molecule has 4 heteroatoms. The zero-order chi connectivity index (χ0) is 13.2. The van der Waals surface area contributed by atoms with Crippen LogP contribution in [-0.2, 0) is 4.74 Å². The Labute approximate surface area is 108 Å². The maximum Gasteiger partial charge on any atom is 0.138 e. The summed E-state index contributed by atoms with van der Waals surface area (Å²) in [6.07, 6.45) is 4.62. The Balaban J connectivity index is 2.17. The van der Waals surface area contributed by atoms with Crippen molar-refractivity contribution in [2.75, 3.05) is 6.61 Å². The van der Waals surface area contributed by atoms with Crippen LogP contribution in [0, 0.1) is 0 Å². The van der Waals surface area contributed by atoms with Crippen molar-refractivity contribution in [3.05, 3.63) is 24.0 Å². The number of hydrogen-bond acceptors (Lipinski definition) is 4. The summed E-state index contributed by atoms with van der Waals surface area (Å²) in [6, 6.07) is 1.84. The van der Waals surface area contributed by atoms with Gasteiger partial charge in [0.1, 0.15) is 11.9 Å². The molecule has 1 aromatic heterocycles. The third-order valence-corrected chi connectivity index (χ3v) is 3.25. The van der Waals surface area contributed by atoms with Gasteiger partial charge in [0.15, 0.2) is 0 Å². The smallest absolute Gasteiger partial charge is 0.138 e. The van der Waals surface area contributed by atoms with Crippen molar-refractivity contribution in [1.29, 1.82) is 0 Å². The van der Waals surface area contributed by atoms with Gasteiger partial charge in [-0.2, -0.15) is 0 Å². The molecule has 2 atom stereocenters. The highest BCUT2D eigenvalue weighted by Crippen LogP contribution is 2.37. The highest BCUT2D eigenvalue weighted by atomic mass is 16.5. The van der Waals surface area contributed by atoms with Crippen molar-refractivity contribution in [1.82, 2.24) is 4.98 Å². The van der Waals surface area contributed by atoms with Crippen LogP contribution in [0.15, 0.2) is 18.5 Å². The van der Waals surface area contributed by atoms with Crippen molar-refractivity contribution in [3.8, 4) is 5.75 Å². The third kappa shape index (κ3) is 2.82. The molecule has 0 radical (unpaired) electrons. The van der Waals surface area contributed by atoms with Gasteiger partial charge < -0.3 is 14.6 Å². The number of ether oxygens (including phenoxy) is 2. The van der Waals surface area contributed by atoms with Crippen molar-refractivity contribution >= 4 is 0 Å². The minimum Gasteiger partial charge on any atom is -0.489 e. The predicted octanol–water partition coefficient (Wildman–Crippen LogP) is 2.47. The number of aliphatic hydroxyl groups excluding tert-OH is 1. The Hall–Kier alpha value is -1.13. The molecule has 1 N–H and O–H groups in total. The molecule has 2 unspecified atom stereocenters. The third-order valence-electron chi connectivity index (χ3n) is 3.25. The Morgan fingerprint density at radius 1 is 1.44 bits per heavy atom. The van der Waals surface area contributed by atoms with Crippen LogP contribution >= 0.6 is 0 Å². The monoisotopic (exact) mass is 251 g/mol. The van der Waals surface area contributed by atoms with Gasteiger partial charge in [0.2, 0.25) is 0 Å². The Morgan fingerprint density at radius 2 is 2.22 bits per heavy atom. The zero-order valence-electron chi connectivity index (χ0n) is 11.2. The molecule has 1 aromatic rings. The van der Waals surface area contributed by atoms with E-state index in [1.165, 1.54) is 0 Å². The van der Waals surface area contributed by atoms with Crippen LogP contribution in [-0.4, -0.2) is 28.4 Å². The van der Waals surface area contributed by atoms with Crippen LogP contribution in [0.1, 0.15) is 45.3 Å². The molecule has 0 spiro atoms. The second-order valence-corrected chi connectivity index (χ2v) is 5.29. The summed E-state index contributed by atoms with van der Waals surface area (Å²) in [5, 5.41) is 10.4. The molecule has 1 saturated heterocycles. The van der Waals surface area contributed by atoms with Crippen molar-refractivity contribution in [3.63, 3.8) is 0 Å². The van der Waals surface area contributed by atoms with E-state index in [0.717, 1.165) is 18.4 Å². The van der Waals surface area contributed by atoms with E-state index in [9.17, 15) is 5.11 Å². The maximum absolute atomic E-state index is 10.4. The van der Waals surface area contributed by atoms with Gasteiger partial charge in [-0.15, -0.1) is 0 Å². The van der Waals surface area contributed by atoms with Gasteiger partial charge in [-0.05, 0) is 39.7 Å². The van der Waals surface area contributed by atoms with Crippen LogP contribution in [0.25, 0.3) is 0 Å². The number of aliphatic hydroxyl groups is 1. The molecule has 0 aliphatic carbocycles. The summed E-state index contributed by atoms with van der Waals surface area (Å²) >= 11 is 0. The fraction of sp³-hybridized carbons (Fsp3) is 0.643. The normalized spacial score (nSPS) is 25.4. The lowest BCUT2D eigenvalue weighted by atomic mass is 9.91. The standard InChI is InChI=1S/C14H21NO3/c1-10(2)18-12-7-11(8-15-9-12)13(16)14(3)5-4-6-17-14/h7-10,13,16H,4-6H2,1-3H3. The molecule has 18 heavy (non-hydrogen) atoms. The van der Waals surface area contributed by atoms with Gasteiger partial charge in [0.05, 0.1) is 17.9 Å². The SMILES string of the molecule is CC(C)Oc1cncc(C(O)C2(C)CCCO2)c1. The molecule has 1 aliphatic rings. The van der Waals surface area contributed by atoms with Crippen molar-refractivity contribution in [2.24, 2.45) is 0 Å². The molecule has 0 aromatic carbocycles. The van der Waals surface area contributed by atoms with E-state index in [1.807, 2.05) is 26.8 Å². The largest absolute Gasteiger partial charge is 0.489 e. The van der Waals surface area contributed by atoms with Crippen LogP contribution in [0.3, 0.4) is 0 Å². The molecule has 100 valence electrons. The number of hydrogen-bond donors (Lipinski definition) is 1. The van der Waals surface area contributed by atoms with Crippen LogP contribution in [0.5, 0.6) is 5.75 Å². The molecular formula is C14H21NO3. The van der Waals surface area contributed by atoms with E-state index in [0.29, 0.717) is 12.4 Å². The van der Waals surface area contributed by atoms with Crippen LogP contribution < -0.4 is 4.74 Å². The number of nitrogens with zero attached hydrogens (tertiary/aromatic N) is 1. The molecule has 0 saturated carbocycles. The molecule has 4 nitrogen and oxygen atoms in total. The number of rotatable bonds is 4. The highest BCUT2D eigenvalue weighted by Gasteiger charge is 2.38. The van der Waals surface area contributed by atoms with Gasteiger partial charge in [-0.3, -0.25) is 4.98 Å². The molecule has 0 bridgehead atoms. The first-order valence-electron chi connectivity index (χ1n) is 6.45. The Morgan fingerprint density at radius 3 is 2.83 bits per heavy atom. The number of pyridine rings is 1. The summed E-state index contributed by atoms with van der Waals surface area (Å²) in [7, 11) is 0. The fourth-order valence-electron chi connectivity index (χ4n) is 2.29. The van der Waals surface area contributed by atoms with Crippen molar-refractivity contribution < 1.29 is 14.6 Å². The number of aromatic nitrogens is 1. The van der Waals surface area contributed by atoms with Crippen LogP contribution in [0.2, 0.25) is 0 Å². The van der Waals surface area contributed by atoms with Gasteiger partial charge in [0.25, 0.3) is 0 Å². The first-order valence-corrected chi connectivity index (χ1v) is 6.45. The predicted molar refractivity (Wildman–Crippen MR) is 68.6 cm³/mol. The second kappa shape index (κ2) is 5.24. The van der Waals surface area contributed by atoms with E-state index >= 15 is 0 Å². The van der Waals surface area contributed by atoms with E-state index in [2.05, 4.69) is 4.98 Å². The van der Waals surface area contributed by atoms with E-state index in [1.54, 1.807) is 12.4 Å². The van der Waals surface area contributed by atoms with E-state index < -0.39 is 11.7 Å². The highest BCUT2D eigenvalue weighted by molar-refractivity contribution is 5.27. The van der Waals surface area contributed by atoms with Gasteiger partial charge in [-0.1, -0.05) is 0 Å².